The molecule has 0 atom stereocenters. The van der Waals surface area contributed by atoms with E-state index in [1.807, 2.05) is 24.3 Å². The standard InChI is InChI=1S/C18H16O5S/c1-23-16-5-2-12(3-6-16)13-4-7-17-15(10-13)11-14(18(19)20)8-9-24(17,21)22/h2-7,10-11H,8-9H2,1H3,(H,19,20). The fourth-order valence-corrected chi connectivity index (χ4v) is 4.15. The minimum atomic E-state index is -3.49. The second kappa shape index (κ2) is 6.13. The quantitative estimate of drug-likeness (QED) is 0.926. The third-order valence-electron chi connectivity index (χ3n) is 4.01. The number of fused-ring (bicyclic) bond motifs is 1. The number of hydrogen-bond donors (Lipinski definition) is 1. The van der Waals surface area contributed by atoms with Gasteiger partial charge in [0.25, 0.3) is 0 Å². The van der Waals surface area contributed by atoms with Crippen LogP contribution in [-0.4, -0.2) is 32.4 Å². The maximum Gasteiger partial charge on any atom is 0.331 e. The van der Waals surface area contributed by atoms with Crippen molar-refractivity contribution in [2.24, 2.45) is 0 Å². The second-order valence-corrected chi connectivity index (χ2v) is 7.60. The minimum absolute atomic E-state index is 0.00418. The Kier molecular flexibility index (Phi) is 4.15. The third-order valence-corrected chi connectivity index (χ3v) is 5.80. The van der Waals surface area contributed by atoms with Gasteiger partial charge in [-0.2, -0.15) is 0 Å². The van der Waals surface area contributed by atoms with Crippen LogP contribution < -0.4 is 4.74 Å². The number of methoxy groups -OCH3 is 1. The van der Waals surface area contributed by atoms with E-state index < -0.39 is 15.8 Å². The average molecular weight is 344 g/mol. The summed E-state index contributed by atoms with van der Waals surface area (Å²) in [5, 5.41) is 9.23. The maximum atomic E-state index is 12.3. The Hall–Kier alpha value is -2.60. The van der Waals surface area contributed by atoms with Gasteiger partial charge >= 0.3 is 5.97 Å². The summed E-state index contributed by atoms with van der Waals surface area (Å²) in [7, 11) is -1.91. The smallest absolute Gasteiger partial charge is 0.331 e. The Bertz CT molecular complexity index is 924. The predicted molar refractivity (Wildman–Crippen MR) is 90.7 cm³/mol. The number of carboxylic acids is 1. The monoisotopic (exact) mass is 344 g/mol. The molecule has 0 aliphatic carbocycles. The van der Waals surface area contributed by atoms with Crippen molar-refractivity contribution in [1.29, 1.82) is 0 Å². The van der Waals surface area contributed by atoms with Crippen molar-refractivity contribution in [3.05, 3.63) is 53.6 Å². The van der Waals surface area contributed by atoms with Crippen molar-refractivity contribution < 1.29 is 23.1 Å². The fourth-order valence-electron chi connectivity index (χ4n) is 2.69. The first kappa shape index (κ1) is 16.3. The highest BCUT2D eigenvalue weighted by Gasteiger charge is 2.24. The molecule has 6 heteroatoms. The molecule has 1 aliphatic heterocycles. The molecule has 0 saturated heterocycles. The summed E-state index contributed by atoms with van der Waals surface area (Å²) >= 11 is 0. The summed E-state index contributed by atoms with van der Waals surface area (Å²) in [6, 6.07) is 12.4. The number of benzene rings is 2. The zero-order valence-electron chi connectivity index (χ0n) is 13.0. The van der Waals surface area contributed by atoms with E-state index in [4.69, 9.17) is 4.74 Å². The van der Waals surface area contributed by atoms with E-state index in [1.165, 1.54) is 6.08 Å². The lowest BCUT2D eigenvalue weighted by atomic mass is 10.0. The van der Waals surface area contributed by atoms with E-state index >= 15 is 0 Å². The Morgan fingerprint density at radius 3 is 2.38 bits per heavy atom. The minimum Gasteiger partial charge on any atom is -0.497 e. The van der Waals surface area contributed by atoms with E-state index in [1.54, 1.807) is 25.3 Å². The Morgan fingerprint density at radius 1 is 1.08 bits per heavy atom. The normalized spacial score (nSPS) is 15.8. The first-order valence-corrected chi connectivity index (χ1v) is 9.01. The summed E-state index contributed by atoms with van der Waals surface area (Å²) in [5.74, 6) is -0.558. The third kappa shape index (κ3) is 3.05. The van der Waals surface area contributed by atoms with Crippen molar-refractivity contribution in [2.45, 2.75) is 11.3 Å². The molecule has 1 aliphatic rings. The lowest BCUT2D eigenvalue weighted by molar-refractivity contribution is -0.132. The van der Waals surface area contributed by atoms with E-state index in [9.17, 15) is 18.3 Å². The van der Waals surface area contributed by atoms with E-state index in [0.717, 1.165) is 16.9 Å². The average Bonchev–Trinajstić information content (AvgIpc) is 2.71. The van der Waals surface area contributed by atoms with Gasteiger partial charge in [0.1, 0.15) is 5.75 Å². The highest BCUT2D eigenvalue weighted by molar-refractivity contribution is 7.91. The zero-order valence-corrected chi connectivity index (χ0v) is 13.8. The summed E-state index contributed by atoms with van der Waals surface area (Å²) < 4.78 is 29.8. The molecule has 2 aromatic carbocycles. The van der Waals surface area contributed by atoms with Gasteiger partial charge in [0, 0.05) is 5.57 Å². The van der Waals surface area contributed by atoms with Crippen molar-refractivity contribution in [3.8, 4) is 16.9 Å². The molecule has 24 heavy (non-hydrogen) atoms. The van der Waals surface area contributed by atoms with Crippen molar-refractivity contribution in [1.82, 2.24) is 0 Å². The van der Waals surface area contributed by atoms with Crippen molar-refractivity contribution >= 4 is 21.9 Å². The number of hydrogen-bond acceptors (Lipinski definition) is 4. The van der Waals surface area contributed by atoms with Crippen LogP contribution in [0.3, 0.4) is 0 Å². The fraction of sp³-hybridized carbons (Fsp3) is 0.167. The van der Waals surface area contributed by atoms with Gasteiger partial charge in [0.2, 0.25) is 0 Å². The van der Waals surface area contributed by atoms with Crippen LogP contribution in [-0.2, 0) is 14.6 Å². The molecule has 0 fully saturated rings. The molecule has 1 N–H and O–H groups in total. The topological polar surface area (TPSA) is 80.7 Å². The largest absolute Gasteiger partial charge is 0.497 e. The highest BCUT2D eigenvalue weighted by Crippen LogP contribution is 2.31. The van der Waals surface area contributed by atoms with Crippen LogP contribution >= 0.6 is 0 Å². The van der Waals surface area contributed by atoms with Gasteiger partial charge in [0.05, 0.1) is 17.8 Å². The van der Waals surface area contributed by atoms with Crippen LogP contribution in [0.5, 0.6) is 5.75 Å². The first-order chi connectivity index (χ1) is 11.4. The number of ether oxygens (including phenoxy) is 1. The molecule has 2 aromatic rings. The molecule has 3 rings (SSSR count). The van der Waals surface area contributed by atoms with Gasteiger partial charge in [-0.05, 0) is 53.5 Å². The molecule has 124 valence electrons. The van der Waals surface area contributed by atoms with Crippen molar-refractivity contribution in [2.75, 3.05) is 12.9 Å². The molecule has 5 nitrogen and oxygen atoms in total. The highest BCUT2D eigenvalue weighted by atomic mass is 32.2. The number of carboxylic acid groups (broad SMARTS) is 1. The zero-order chi connectivity index (χ0) is 17.3. The summed E-state index contributed by atoms with van der Waals surface area (Å²) in [6.45, 7) is 0. The second-order valence-electron chi connectivity index (χ2n) is 5.52. The molecule has 0 saturated carbocycles. The molecule has 0 unspecified atom stereocenters. The van der Waals surface area contributed by atoms with E-state index in [2.05, 4.69) is 0 Å². The maximum absolute atomic E-state index is 12.3. The van der Waals surface area contributed by atoms with Gasteiger partial charge in [-0.3, -0.25) is 0 Å². The van der Waals surface area contributed by atoms with E-state index in [-0.39, 0.29) is 22.6 Å². The summed E-state index contributed by atoms with van der Waals surface area (Å²) in [5.41, 5.74) is 2.22. The molecule has 0 radical (unpaired) electrons. The Balaban J connectivity index is 2.13. The molecular weight excluding hydrogens is 328 g/mol. The van der Waals surface area contributed by atoms with Gasteiger partial charge in [-0.25, -0.2) is 13.2 Å². The van der Waals surface area contributed by atoms with Crippen LogP contribution in [0.25, 0.3) is 17.2 Å². The van der Waals surface area contributed by atoms with Crippen LogP contribution in [0.2, 0.25) is 0 Å². The number of rotatable bonds is 3. The molecule has 1 heterocycles. The first-order valence-electron chi connectivity index (χ1n) is 7.36. The number of carbonyl (C=O) groups is 1. The van der Waals surface area contributed by atoms with Crippen molar-refractivity contribution in [3.63, 3.8) is 0 Å². The molecular formula is C18H16O5S. The van der Waals surface area contributed by atoms with Gasteiger partial charge in [0.15, 0.2) is 9.84 Å². The molecule has 0 bridgehead atoms. The number of sulfone groups is 1. The van der Waals surface area contributed by atoms with E-state index in [0.29, 0.717) is 5.56 Å². The Morgan fingerprint density at radius 2 is 1.75 bits per heavy atom. The van der Waals surface area contributed by atoms with Crippen LogP contribution in [0.15, 0.2) is 52.9 Å². The van der Waals surface area contributed by atoms with Crippen LogP contribution in [0.4, 0.5) is 0 Å². The van der Waals surface area contributed by atoms with Crippen LogP contribution in [0, 0.1) is 0 Å². The van der Waals surface area contributed by atoms with Gasteiger partial charge in [-0.15, -0.1) is 0 Å². The lowest BCUT2D eigenvalue weighted by Crippen LogP contribution is -2.08. The van der Waals surface area contributed by atoms with Crippen LogP contribution in [0.1, 0.15) is 12.0 Å². The van der Waals surface area contributed by atoms with Gasteiger partial charge < -0.3 is 9.84 Å². The predicted octanol–water partition coefficient (Wildman–Crippen LogP) is 3.01. The molecule has 0 amide bonds. The SMILES string of the molecule is COc1ccc(-c2ccc3c(c2)C=C(C(=O)O)CCS3(=O)=O)cc1. The molecule has 0 aromatic heterocycles. The summed E-state index contributed by atoms with van der Waals surface area (Å²) in [4.78, 5) is 11.5. The molecule has 0 spiro atoms. The van der Waals surface area contributed by atoms with Gasteiger partial charge in [-0.1, -0.05) is 18.2 Å². The Labute approximate surface area is 140 Å². The number of aliphatic carboxylic acids is 1. The lowest BCUT2D eigenvalue weighted by Gasteiger charge is -2.09. The summed E-state index contributed by atoms with van der Waals surface area (Å²) in [6.07, 6.45) is 1.46.